The van der Waals surface area contributed by atoms with Gasteiger partial charge in [-0.05, 0) is 73.7 Å². The summed E-state index contributed by atoms with van der Waals surface area (Å²) >= 11 is 0. The zero-order valence-corrected chi connectivity index (χ0v) is 24.3. The minimum Gasteiger partial charge on any atom is -0.456 e. The lowest BCUT2D eigenvalue weighted by Crippen LogP contribution is -2.61. The van der Waals surface area contributed by atoms with Gasteiger partial charge in [0.1, 0.15) is 6.04 Å². The first kappa shape index (κ1) is 27.2. The molecule has 0 amide bonds. The van der Waals surface area contributed by atoms with Gasteiger partial charge in [0.05, 0.1) is 39.0 Å². The summed E-state index contributed by atoms with van der Waals surface area (Å²) in [4.78, 5) is 15.0. The van der Waals surface area contributed by atoms with E-state index in [1.165, 1.54) is 51.6 Å². The highest BCUT2D eigenvalue weighted by molar-refractivity contribution is 5.66. The van der Waals surface area contributed by atoms with E-state index in [0.717, 1.165) is 56.6 Å². The van der Waals surface area contributed by atoms with Crippen molar-refractivity contribution >= 4 is 5.97 Å². The van der Waals surface area contributed by atoms with E-state index in [2.05, 4.69) is 31.4 Å². The van der Waals surface area contributed by atoms with Crippen molar-refractivity contribution < 1.29 is 23.9 Å². The second-order valence-corrected chi connectivity index (χ2v) is 14.6. The van der Waals surface area contributed by atoms with Gasteiger partial charge in [-0.15, -0.1) is 0 Å². The summed E-state index contributed by atoms with van der Waals surface area (Å²) in [6, 6.07) is 0.663. The zero-order chi connectivity index (χ0) is 26.7. The number of aliphatic hydroxyl groups is 1. The third kappa shape index (κ3) is 4.23. The standard InChI is InChI=1S/C32H53N2O4/c1-5-14-34(15-6-7-16-34)28-20-26-24-9-8-23-19-29(36)27(33-12-17-37-18-13-33)21-32(23,4)25(24)10-11-31(26,3)30(28)38-22(2)35/h5,23-30,36H,1,6-21H2,2-4H3/q+1/t23-,24+,25-,26-,27-,28-,29-,30-,31-,32-/m1/s1. The minimum atomic E-state index is -0.209. The Morgan fingerprint density at radius 3 is 2.53 bits per heavy atom. The van der Waals surface area contributed by atoms with Crippen LogP contribution in [0.4, 0.5) is 0 Å². The van der Waals surface area contributed by atoms with E-state index >= 15 is 0 Å². The molecule has 6 fully saturated rings. The molecule has 6 nitrogen and oxygen atoms in total. The highest BCUT2D eigenvalue weighted by atomic mass is 16.5. The Morgan fingerprint density at radius 1 is 1.11 bits per heavy atom. The maximum absolute atomic E-state index is 12.5. The lowest BCUT2D eigenvalue weighted by Gasteiger charge is -2.62. The van der Waals surface area contributed by atoms with Gasteiger partial charge >= 0.3 is 5.97 Å². The Morgan fingerprint density at radius 2 is 1.84 bits per heavy atom. The van der Waals surface area contributed by atoms with E-state index in [-0.39, 0.29) is 35.0 Å². The molecule has 0 bridgehead atoms. The van der Waals surface area contributed by atoms with E-state index in [1.807, 2.05) is 0 Å². The van der Waals surface area contributed by atoms with Crippen molar-refractivity contribution in [3.05, 3.63) is 12.7 Å². The topological polar surface area (TPSA) is 59.0 Å². The molecule has 6 aliphatic rings. The number of morpholine rings is 1. The van der Waals surface area contributed by atoms with Crippen LogP contribution in [0.2, 0.25) is 0 Å². The number of quaternary nitrogens is 1. The van der Waals surface area contributed by atoms with Gasteiger partial charge in [0, 0.05) is 50.7 Å². The van der Waals surface area contributed by atoms with Crippen LogP contribution in [0, 0.1) is 34.5 Å². The molecule has 4 saturated carbocycles. The maximum atomic E-state index is 12.5. The molecule has 1 N–H and O–H groups in total. The number of ether oxygens (including phenoxy) is 2. The van der Waals surface area contributed by atoms with E-state index in [9.17, 15) is 9.90 Å². The van der Waals surface area contributed by atoms with Gasteiger partial charge in [-0.25, -0.2) is 0 Å². The maximum Gasteiger partial charge on any atom is 0.303 e. The van der Waals surface area contributed by atoms with Crippen molar-refractivity contribution in [1.82, 2.24) is 4.90 Å². The second-order valence-electron chi connectivity index (χ2n) is 14.6. The number of likely N-dealkylation sites (tertiary alicyclic amines) is 1. The molecule has 6 heteroatoms. The number of carbonyl (C=O) groups excluding carboxylic acids is 1. The predicted molar refractivity (Wildman–Crippen MR) is 148 cm³/mol. The SMILES string of the molecule is C=CC[N+]1([C@@H]2C[C@@H]3[C@H]4CC[C@@H]5C[C@@H](O)[C@H](N6CCOCC6)C[C@@]5(C)[C@@H]4CC[C@@]3(C)[C@@H]2OC(C)=O)CCCC1. The number of fused-ring (bicyclic) bond motifs is 5. The molecule has 0 aromatic heterocycles. The molecule has 0 aromatic rings. The first-order chi connectivity index (χ1) is 18.2. The lowest BCUT2D eigenvalue weighted by atomic mass is 9.44. The molecular formula is C32H53N2O4+. The van der Waals surface area contributed by atoms with E-state index in [4.69, 9.17) is 9.47 Å². The smallest absolute Gasteiger partial charge is 0.303 e. The molecule has 214 valence electrons. The Balaban J connectivity index is 1.30. The summed E-state index contributed by atoms with van der Waals surface area (Å²) in [5.41, 5.74) is 0.343. The van der Waals surface area contributed by atoms with Crippen molar-refractivity contribution in [2.45, 2.75) is 103 Å². The summed E-state index contributed by atoms with van der Waals surface area (Å²) in [7, 11) is 0. The van der Waals surface area contributed by atoms with Crippen LogP contribution in [-0.4, -0.2) is 90.7 Å². The number of rotatable bonds is 5. The lowest BCUT2D eigenvalue weighted by molar-refractivity contribution is -0.937. The van der Waals surface area contributed by atoms with Crippen LogP contribution in [0.5, 0.6) is 0 Å². The fraction of sp³-hybridized carbons (Fsp3) is 0.906. The third-order valence-electron chi connectivity index (χ3n) is 13.1. The molecule has 38 heavy (non-hydrogen) atoms. The molecule has 10 atom stereocenters. The Bertz CT molecular complexity index is 898. The second kappa shape index (κ2) is 10.2. The van der Waals surface area contributed by atoms with Crippen molar-refractivity contribution in [2.75, 3.05) is 45.9 Å². The highest BCUT2D eigenvalue weighted by Gasteiger charge is 2.67. The number of esters is 1. The van der Waals surface area contributed by atoms with Gasteiger partial charge in [0.2, 0.25) is 0 Å². The number of hydrogen-bond acceptors (Lipinski definition) is 5. The minimum absolute atomic E-state index is 0.0174. The van der Waals surface area contributed by atoms with Crippen molar-refractivity contribution in [3.63, 3.8) is 0 Å². The Kier molecular flexibility index (Phi) is 7.27. The summed E-state index contributed by atoms with van der Waals surface area (Å²) in [5.74, 6) is 2.54. The van der Waals surface area contributed by atoms with Gasteiger partial charge in [-0.2, -0.15) is 0 Å². The van der Waals surface area contributed by atoms with Gasteiger partial charge < -0.3 is 19.1 Å². The number of carbonyl (C=O) groups is 1. The van der Waals surface area contributed by atoms with E-state index in [0.29, 0.717) is 29.7 Å². The molecule has 0 unspecified atom stereocenters. The summed E-state index contributed by atoms with van der Waals surface area (Å²) in [5, 5.41) is 11.3. The summed E-state index contributed by atoms with van der Waals surface area (Å²) < 4.78 is 13.1. The van der Waals surface area contributed by atoms with E-state index < -0.39 is 0 Å². The average molecular weight is 530 g/mol. The molecule has 2 heterocycles. The molecular weight excluding hydrogens is 476 g/mol. The molecule has 6 rings (SSSR count). The van der Waals surface area contributed by atoms with Crippen LogP contribution in [0.15, 0.2) is 12.7 Å². The monoisotopic (exact) mass is 529 g/mol. The first-order valence-electron chi connectivity index (χ1n) is 15.9. The van der Waals surface area contributed by atoms with Crippen LogP contribution in [-0.2, 0) is 14.3 Å². The van der Waals surface area contributed by atoms with Gasteiger partial charge in [-0.1, -0.05) is 20.4 Å². The van der Waals surface area contributed by atoms with Crippen molar-refractivity contribution in [1.29, 1.82) is 0 Å². The Hall–Kier alpha value is -0.950. The van der Waals surface area contributed by atoms with Gasteiger partial charge in [-0.3, -0.25) is 9.69 Å². The molecule has 2 aliphatic heterocycles. The quantitative estimate of drug-likeness (QED) is 0.325. The van der Waals surface area contributed by atoms with Crippen LogP contribution in [0.25, 0.3) is 0 Å². The molecule has 2 saturated heterocycles. The predicted octanol–water partition coefficient (Wildman–Crippen LogP) is 4.41. The molecule has 4 aliphatic carbocycles. The first-order valence-corrected chi connectivity index (χ1v) is 15.9. The van der Waals surface area contributed by atoms with Crippen LogP contribution >= 0.6 is 0 Å². The summed E-state index contributed by atoms with van der Waals surface area (Å²) in [6.45, 7) is 17.7. The van der Waals surface area contributed by atoms with Crippen molar-refractivity contribution in [2.24, 2.45) is 34.5 Å². The van der Waals surface area contributed by atoms with Crippen LogP contribution in [0.1, 0.15) is 78.6 Å². The Labute approximate surface area is 230 Å². The fourth-order valence-electron chi connectivity index (χ4n) is 11.3. The van der Waals surface area contributed by atoms with Crippen LogP contribution in [0.3, 0.4) is 0 Å². The van der Waals surface area contributed by atoms with E-state index in [1.54, 1.807) is 6.92 Å². The average Bonchev–Trinajstić information content (AvgIpc) is 3.48. The number of nitrogens with zero attached hydrogens (tertiary/aromatic N) is 2. The molecule has 0 radical (unpaired) electrons. The largest absolute Gasteiger partial charge is 0.456 e. The van der Waals surface area contributed by atoms with Gasteiger partial charge in [0.25, 0.3) is 0 Å². The van der Waals surface area contributed by atoms with Crippen LogP contribution < -0.4 is 0 Å². The normalized spacial score (nSPS) is 48.5. The van der Waals surface area contributed by atoms with Crippen molar-refractivity contribution in [3.8, 4) is 0 Å². The van der Waals surface area contributed by atoms with Gasteiger partial charge in [0.15, 0.2) is 6.10 Å². The molecule has 0 aromatic carbocycles. The third-order valence-corrected chi connectivity index (χ3v) is 13.1. The fourth-order valence-corrected chi connectivity index (χ4v) is 11.3. The molecule has 0 spiro atoms. The zero-order valence-electron chi connectivity index (χ0n) is 24.3. The number of hydrogen-bond donors (Lipinski definition) is 1. The number of aliphatic hydroxyl groups excluding tert-OH is 1. The summed E-state index contributed by atoms with van der Waals surface area (Å²) in [6.07, 6.45) is 12.7. The highest BCUT2D eigenvalue weighted by Crippen LogP contribution is 2.67.